The Hall–Kier alpha value is -5.70. The lowest BCUT2D eigenvalue weighted by atomic mass is 9.98. The Balaban J connectivity index is 1.00. The Bertz CT molecular complexity index is 1940. The number of alkyl carbamates (subject to hydrolysis) is 1. The number of anilines is 1. The van der Waals surface area contributed by atoms with Crippen molar-refractivity contribution < 1.29 is 34.1 Å². The second-order valence-corrected chi connectivity index (χ2v) is 11.4. The van der Waals surface area contributed by atoms with Gasteiger partial charge in [-0.05, 0) is 34.4 Å². The molecule has 0 unspecified atom stereocenters. The van der Waals surface area contributed by atoms with Crippen molar-refractivity contribution in [2.45, 2.75) is 30.4 Å². The monoisotopic (exact) mass is 649 g/mol. The number of hydrogen-bond acceptors (Lipinski definition) is 10. The predicted molar refractivity (Wildman–Crippen MR) is 172 cm³/mol. The smallest absolute Gasteiger partial charge is 0.407 e. The molecule has 3 aromatic carbocycles. The predicted octanol–water partition coefficient (Wildman–Crippen LogP) is 2.35. The van der Waals surface area contributed by atoms with Gasteiger partial charge in [-0.25, -0.2) is 19.7 Å². The van der Waals surface area contributed by atoms with Crippen LogP contribution < -0.4 is 16.0 Å². The number of hydrogen-bond donors (Lipinski definition) is 5. The van der Waals surface area contributed by atoms with Gasteiger partial charge in [0.15, 0.2) is 23.2 Å². The number of carbonyl (C=O) groups excluding carboxylic acids is 3. The van der Waals surface area contributed by atoms with Crippen LogP contribution >= 0.6 is 0 Å². The summed E-state index contributed by atoms with van der Waals surface area (Å²) in [6.07, 6.45) is -1.55. The summed E-state index contributed by atoms with van der Waals surface area (Å²) in [7, 11) is 0. The summed E-state index contributed by atoms with van der Waals surface area (Å²) < 4.78 is 12.9. The fourth-order valence-corrected chi connectivity index (χ4v) is 6.23. The minimum absolute atomic E-state index is 0.0836. The molecule has 1 saturated heterocycles. The zero-order chi connectivity index (χ0) is 33.2. The normalized spacial score (nSPS) is 19.8. The molecule has 5 aromatic rings. The number of imidazole rings is 1. The average Bonchev–Trinajstić information content (AvgIpc) is 3.79. The minimum atomic E-state index is -1.31. The summed E-state index contributed by atoms with van der Waals surface area (Å²) in [6.45, 7) is -0.888. The number of ether oxygens (including phenoxy) is 2. The number of aromatic nitrogens is 4. The molecular weight excluding hydrogens is 618 g/mol. The summed E-state index contributed by atoms with van der Waals surface area (Å²) in [5.41, 5.74) is 5.24. The van der Waals surface area contributed by atoms with E-state index in [1.807, 2.05) is 48.5 Å². The largest absolute Gasteiger partial charge is 0.449 e. The van der Waals surface area contributed by atoms with Crippen LogP contribution in [0, 0.1) is 0 Å². The first-order chi connectivity index (χ1) is 23.4. The Morgan fingerprint density at radius 2 is 1.58 bits per heavy atom. The molecule has 0 bridgehead atoms. The maximum atomic E-state index is 13.0. The molecule has 1 aliphatic carbocycles. The SMILES string of the molecule is O=C(CNC(=O)OCC1c2ccccc2-c2ccccc21)N[C@@H]1[C@H](O)[C@@H](CO)O[C@H]1n1cnc2c(NC(=O)c3ccccc3)ncnc21. The quantitative estimate of drug-likeness (QED) is 0.159. The summed E-state index contributed by atoms with van der Waals surface area (Å²) >= 11 is 0. The second-order valence-electron chi connectivity index (χ2n) is 11.4. The van der Waals surface area contributed by atoms with E-state index in [2.05, 4.69) is 30.9 Å². The number of amides is 3. The lowest BCUT2D eigenvalue weighted by Crippen LogP contribution is -2.49. The first kappa shape index (κ1) is 30.9. The molecule has 3 amide bonds. The molecule has 1 fully saturated rings. The van der Waals surface area contributed by atoms with E-state index < -0.39 is 55.5 Å². The highest BCUT2D eigenvalue weighted by atomic mass is 16.6. The topological polar surface area (TPSA) is 190 Å². The van der Waals surface area contributed by atoms with E-state index in [9.17, 15) is 24.6 Å². The van der Waals surface area contributed by atoms with Gasteiger partial charge in [0.2, 0.25) is 5.91 Å². The number of rotatable bonds is 9. The number of carbonyl (C=O) groups is 3. The van der Waals surface area contributed by atoms with Crippen molar-refractivity contribution in [3.05, 3.63) is 108 Å². The number of benzene rings is 3. The van der Waals surface area contributed by atoms with Crippen LogP contribution in [0.25, 0.3) is 22.3 Å². The van der Waals surface area contributed by atoms with Crippen LogP contribution in [0.1, 0.15) is 33.6 Å². The van der Waals surface area contributed by atoms with E-state index >= 15 is 0 Å². The third kappa shape index (κ3) is 5.83. The van der Waals surface area contributed by atoms with E-state index in [1.165, 1.54) is 17.2 Å². The van der Waals surface area contributed by atoms with Gasteiger partial charge in [0.1, 0.15) is 37.7 Å². The highest BCUT2D eigenvalue weighted by Gasteiger charge is 2.46. The zero-order valence-corrected chi connectivity index (χ0v) is 25.4. The molecule has 14 nitrogen and oxygen atoms in total. The van der Waals surface area contributed by atoms with Gasteiger partial charge in [-0.2, -0.15) is 0 Å². The van der Waals surface area contributed by atoms with Crippen molar-refractivity contribution in [3.63, 3.8) is 0 Å². The van der Waals surface area contributed by atoms with Gasteiger partial charge < -0.3 is 35.6 Å². The van der Waals surface area contributed by atoms with Gasteiger partial charge in [-0.1, -0.05) is 66.7 Å². The molecule has 0 spiro atoms. The van der Waals surface area contributed by atoms with Crippen molar-refractivity contribution in [1.82, 2.24) is 30.2 Å². The van der Waals surface area contributed by atoms with Gasteiger partial charge in [0.05, 0.1) is 12.9 Å². The number of nitrogens with zero attached hydrogens (tertiary/aromatic N) is 4. The first-order valence-corrected chi connectivity index (χ1v) is 15.3. The van der Waals surface area contributed by atoms with Crippen molar-refractivity contribution in [2.24, 2.45) is 0 Å². The fourth-order valence-electron chi connectivity index (χ4n) is 6.23. The molecule has 2 aromatic heterocycles. The second kappa shape index (κ2) is 13.2. The number of fused-ring (bicyclic) bond motifs is 4. The highest BCUT2D eigenvalue weighted by Crippen LogP contribution is 2.44. The summed E-state index contributed by atoms with van der Waals surface area (Å²) in [5, 5.41) is 28.7. The lowest BCUT2D eigenvalue weighted by Gasteiger charge is -2.23. The van der Waals surface area contributed by atoms with Crippen molar-refractivity contribution >= 4 is 34.9 Å². The standard InChI is InChI=1S/C34H31N7O7/c42-15-25-29(44)27(33(48-25)41-18-38-28-30(36-17-37-31(28)41)40-32(45)19-8-2-1-3-9-19)39-26(43)14-35-34(46)47-16-24-22-12-6-4-10-20(22)21-11-5-7-13-23(21)24/h1-13,17-18,24-25,27,29,33,42,44H,14-16H2,(H,35,46)(H,39,43)(H,36,37,40,45)/t25-,27-,29-,33-/m1/s1. The molecule has 7 rings (SSSR count). The molecule has 5 N–H and O–H groups in total. The number of aliphatic hydroxyl groups is 2. The number of aliphatic hydroxyl groups excluding tert-OH is 2. The first-order valence-electron chi connectivity index (χ1n) is 15.3. The molecule has 48 heavy (non-hydrogen) atoms. The maximum absolute atomic E-state index is 13.0. The molecule has 3 heterocycles. The molecule has 244 valence electrons. The third-order valence-electron chi connectivity index (χ3n) is 8.52. The maximum Gasteiger partial charge on any atom is 0.407 e. The summed E-state index contributed by atoms with van der Waals surface area (Å²) in [4.78, 5) is 51.2. The number of nitrogens with one attached hydrogen (secondary N) is 3. The zero-order valence-electron chi connectivity index (χ0n) is 25.4. The van der Waals surface area contributed by atoms with Gasteiger partial charge >= 0.3 is 6.09 Å². The molecule has 0 radical (unpaired) electrons. The highest BCUT2D eigenvalue weighted by molar-refractivity contribution is 6.06. The van der Waals surface area contributed by atoms with Crippen molar-refractivity contribution in [1.29, 1.82) is 0 Å². The molecule has 0 saturated carbocycles. The Morgan fingerprint density at radius 3 is 2.29 bits per heavy atom. The van der Waals surface area contributed by atoms with Crippen LogP contribution in [-0.2, 0) is 14.3 Å². The van der Waals surface area contributed by atoms with Crippen molar-refractivity contribution in [2.75, 3.05) is 25.1 Å². The summed E-state index contributed by atoms with van der Waals surface area (Å²) in [5.74, 6) is -1.01. The van der Waals surface area contributed by atoms with Crippen LogP contribution in [0.3, 0.4) is 0 Å². The van der Waals surface area contributed by atoms with Crippen LogP contribution in [0.5, 0.6) is 0 Å². The molecule has 1 aliphatic heterocycles. The van der Waals surface area contributed by atoms with E-state index in [0.29, 0.717) is 5.56 Å². The Morgan fingerprint density at radius 1 is 0.896 bits per heavy atom. The lowest BCUT2D eigenvalue weighted by molar-refractivity contribution is -0.122. The molecule has 4 atom stereocenters. The Kier molecular flexibility index (Phi) is 8.50. The van der Waals surface area contributed by atoms with E-state index in [4.69, 9.17) is 9.47 Å². The van der Waals surface area contributed by atoms with Gasteiger partial charge in [-0.3, -0.25) is 14.2 Å². The van der Waals surface area contributed by atoms with Crippen molar-refractivity contribution in [3.8, 4) is 11.1 Å². The molecular formula is C34H31N7O7. The van der Waals surface area contributed by atoms with E-state index in [1.54, 1.807) is 30.3 Å². The summed E-state index contributed by atoms with van der Waals surface area (Å²) in [6, 6.07) is 23.4. The van der Waals surface area contributed by atoms with Crippen LogP contribution in [0.15, 0.2) is 91.5 Å². The minimum Gasteiger partial charge on any atom is -0.449 e. The Labute approximate surface area is 273 Å². The fraction of sp³-hybridized carbons (Fsp3) is 0.235. The molecule has 14 heteroatoms. The third-order valence-corrected chi connectivity index (χ3v) is 8.52. The van der Waals surface area contributed by atoms with Crippen LogP contribution in [-0.4, -0.2) is 85.6 Å². The molecule has 2 aliphatic rings. The average molecular weight is 650 g/mol. The van der Waals surface area contributed by atoms with Gasteiger partial charge in [-0.15, -0.1) is 0 Å². The van der Waals surface area contributed by atoms with Crippen LogP contribution in [0.4, 0.5) is 10.6 Å². The van der Waals surface area contributed by atoms with Crippen LogP contribution in [0.2, 0.25) is 0 Å². The van der Waals surface area contributed by atoms with Gasteiger partial charge in [0, 0.05) is 11.5 Å². The van der Waals surface area contributed by atoms with E-state index in [0.717, 1.165) is 22.3 Å². The van der Waals surface area contributed by atoms with E-state index in [-0.39, 0.29) is 29.5 Å². The van der Waals surface area contributed by atoms with Gasteiger partial charge in [0.25, 0.3) is 5.91 Å².